The summed E-state index contributed by atoms with van der Waals surface area (Å²) in [5.74, 6) is 0.987. The Hall–Kier alpha value is -0.830. The fourth-order valence-electron chi connectivity index (χ4n) is 3.69. The minimum Gasteiger partial charge on any atom is -0.335 e. The van der Waals surface area contributed by atoms with Gasteiger partial charge in [-0.3, -0.25) is 4.79 Å². The summed E-state index contributed by atoms with van der Waals surface area (Å²) in [6.45, 7) is 2.96. The number of aryl methyl sites for hydroxylation is 1. The minimum absolute atomic E-state index is 0.232. The first-order valence-corrected chi connectivity index (χ1v) is 8.03. The highest BCUT2D eigenvalue weighted by atomic mass is 79.9. The third-order valence-electron chi connectivity index (χ3n) is 4.68. The largest absolute Gasteiger partial charge is 0.335 e. The van der Waals surface area contributed by atoms with E-state index in [-0.39, 0.29) is 5.91 Å². The fraction of sp³-hybridized carbons (Fsp3) is 0.562. The van der Waals surface area contributed by atoms with Crippen LogP contribution in [0.3, 0.4) is 0 Å². The molecule has 2 nitrogen and oxygen atoms in total. The highest BCUT2D eigenvalue weighted by molar-refractivity contribution is 9.10. The molecule has 1 aliphatic carbocycles. The van der Waals surface area contributed by atoms with Crippen molar-refractivity contribution in [2.75, 3.05) is 6.54 Å². The Morgan fingerprint density at radius 2 is 2.05 bits per heavy atom. The molecule has 0 aromatic heterocycles. The number of carbonyl (C=O) groups is 1. The zero-order valence-electron chi connectivity index (χ0n) is 11.4. The molecule has 2 unspecified atom stereocenters. The number of benzene rings is 1. The number of fused-ring (bicyclic) bond motifs is 1. The van der Waals surface area contributed by atoms with Crippen LogP contribution in [-0.4, -0.2) is 23.4 Å². The van der Waals surface area contributed by atoms with Crippen LogP contribution in [0.1, 0.15) is 48.0 Å². The molecule has 3 rings (SSSR count). The number of likely N-dealkylation sites (tertiary alicyclic amines) is 1. The molecular formula is C16H20BrNO. The summed E-state index contributed by atoms with van der Waals surface area (Å²) in [4.78, 5) is 15.0. The van der Waals surface area contributed by atoms with E-state index in [0.717, 1.165) is 28.1 Å². The molecule has 0 bridgehead atoms. The summed E-state index contributed by atoms with van der Waals surface area (Å²) in [5.41, 5.74) is 1.94. The topological polar surface area (TPSA) is 20.3 Å². The van der Waals surface area contributed by atoms with Gasteiger partial charge in [-0.2, -0.15) is 0 Å². The molecule has 2 fully saturated rings. The van der Waals surface area contributed by atoms with Crippen molar-refractivity contribution in [3.63, 3.8) is 0 Å². The number of hydrogen-bond acceptors (Lipinski definition) is 1. The molecular weight excluding hydrogens is 302 g/mol. The Bertz CT molecular complexity index is 500. The summed E-state index contributed by atoms with van der Waals surface area (Å²) < 4.78 is 0.987. The van der Waals surface area contributed by atoms with Gasteiger partial charge in [-0.15, -0.1) is 0 Å². The second-order valence-electron chi connectivity index (χ2n) is 5.86. The number of piperidine rings is 1. The van der Waals surface area contributed by atoms with Gasteiger partial charge in [0.1, 0.15) is 0 Å². The summed E-state index contributed by atoms with van der Waals surface area (Å²) in [5, 5.41) is 0. The average Bonchev–Trinajstić information content (AvgIpc) is 2.89. The van der Waals surface area contributed by atoms with Crippen molar-refractivity contribution in [3.05, 3.63) is 33.8 Å². The molecule has 1 aromatic rings. The van der Waals surface area contributed by atoms with Crippen molar-refractivity contribution < 1.29 is 4.79 Å². The molecule has 3 heteroatoms. The zero-order chi connectivity index (χ0) is 13.4. The van der Waals surface area contributed by atoms with Gasteiger partial charge in [0.15, 0.2) is 0 Å². The fourth-order valence-corrected chi connectivity index (χ4v) is 4.05. The van der Waals surface area contributed by atoms with Crippen molar-refractivity contribution in [3.8, 4) is 0 Å². The molecule has 19 heavy (non-hydrogen) atoms. The molecule has 2 aliphatic rings. The van der Waals surface area contributed by atoms with Gasteiger partial charge < -0.3 is 4.90 Å². The number of carbonyl (C=O) groups excluding carboxylic acids is 1. The van der Waals surface area contributed by atoms with Crippen molar-refractivity contribution in [1.82, 2.24) is 4.90 Å². The SMILES string of the molecule is Cc1ccc(Br)cc1C(=O)N1CCCC2CCCC21. The first-order valence-electron chi connectivity index (χ1n) is 7.24. The predicted molar refractivity (Wildman–Crippen MR) is 80.3 cm³/mol. The third-order valence-corrected chi connectivity index (χ3v) is 5.18. The van der Waals surface area contributed by atoms with Crippen LogP contribution >= 0.6 is 15.9 Å². The number of nitrogens with zero attached hydrogens (tertiary/aromatic N) is 1. The number of halogens is 1. The van der Waals surface area contributed by atoms with Crippen molar-refractivity contribution in [1.29, 1.82) is 0 Å². The van der Waals surface area contributed by atoms with Gasteiger partial charge in [0.05, 0.1) is 0 Å². The van der Waals surface area contributed by atoms with Crippen molar-refractivity contribution >= 4 is 21.8 Å². The maximum absolute atomic E-state index is 12.8. The molecule has 0 spiro atoms. The predicted octanol–water partition coefficient (Wildman–Crippen LogP) is 4.16. The van der Waals surface area contributed by atoms with E-state index in [2.05, 4.69) is 20.8 Å². The van der Waals surface area contributed by atoms with Crippen LogP contribution in [0.15, 0.2) is 22.7 Å². The quantitative estimate of drug-likeness (QED) is 0.760. The lowest BCUT2D eigenvalue weighted by atomic mass is 9.91. The second kappa shape index (κ2) is 5.28. The van der Waals surface area contributed by atoms with Gasteiger partial charge in [-0.25, -0.2) is 0 Å². The first kappa shape index (κ1) is 13.2. The molecule has 1 saturated carbocycles. The molecule has 1 aromatic carbocycles. The van der Waals surface area contributed by atoms with Gasteiger partial charge in [-0.05, 0) is 56.2 Å². The number of rotatable bonds is 1. The molecule has 102 valence electrons. The van der Waals surface area contributed by atoms with E-state index < -0.39 is 0 Å². The minimum atomic E-state index is 0.232. The van der Waals surface area contributed by atoms with Crippen LogP contribution in [0.5, 0.6) is 0 Å². The van der Waals surface area contributed by atoms with Gasteiger partial charge in [0.2, 0.25) is 0 Å². The zero-order valence-corrected chi connectivity index (χ0v) is 12.9. The van der Waals surface area contributed by atoms with Gasteiger partial charge in [-0.1, -0.05) is 28.4 Å². The molecule has 0 N–H and O–H groups in total. The Balaban J connectivity index is 1.88. The van der Waals surface area contributed by atoms with Crippen LogP contribution in [0, 0.1) is 12.8 Å². The monoisotopic (exact) mass is 321 g/mol. The molecule has 1 amide bonds. The summed E-state index contributed by atoms with van der Waals surface area (Å²) in [6, 6.07) is 6.49. The molecule has 0 radical (unpaired) electrons. The summed E-state index contributed by atoms with van der Waals surface area (Å²) in [7, 11) is 0. The van der Waals surface area contributed by atoms with Crippen LogP contribution in [0.25, 0.3) is 0 Å². The first-order chi connectivity index (χ1) is 9.16. The van der Waals surface area contributed by atoms with Crippen LogP contribution in [0.4, 0.5) is 0 Å². The van der Waals surface area contributed by atoms with E-state index >= 15 is 0 Å². The van der Waals surface area contributed by atoms with Crippen LogP contribution in [-0.2, 0) is 0 Å². The molecule has 1 saturated heterocycles. The van der Waals surface area contributed by atoms with Crippen molar-refractivity contribution in [2.45, 2.75) is 45.1 Å². The Kier molecular flexibility index (Phi) is 3.66. The lowest BCUT2D eigenvalue weighted by molar-refractivity contribution is 0.0547. The molecule has 1 aliphatic heterocycles. The van der Waals surface area contributed by atoms with E-state index in [1.165, 1.54) is 32.1 Å². The normalized spacial score (nSPS) is 26.3. The van der Waals surface area contributed by atoms with Crippen LogP contribution in [0.2, 0.25) is 0 Å². The Morgan fingerprint density at radius 3 is 2.89 bits per heavy atom. The standard InChI is InChI=1S/C16H20BrNO/c1-11-7-8-13(17)10-14(11)16(19)18-9-3-5-12-4-2-6-15(12)18/h7-8,10,12,15H,2-6,9H2,1H3. The lowest BCUT2D eigenvalue weighted by Gasteiger charge is -2.38. The Labute approximate surface area is 123 Å². The van der Waals surface area contributed by atoms with E-state index in [0.29, 0.717) is 6.04 Å². The lowest BCUT2D eigenvalue weighted by Crippen LogP contribution is -2.46. The smallest absolute Gasteiger partial charge is 0.254 e. The summed E-state index contributed by atoms with van der Waals surface area (Å²) in [6.07, 6.45) is 6.28. The van der Waals surface area contributed by atoms with E-state index in [1.807, 2.05) is 25.1 Å². The third kappa shape index (κ3) is 2.45. The summed E-state index contributed by atoms with van der Waals surface area (Å²) >= 11 is 3.47. The van der Waals surface area contributed by atoms with E-state index in [4.69, 9.17) is 0 Å². The van der Waals surface area contributed by atoms with E-state index in [1.54, 1.807) is 0 Å². The van der Waals surface area contributed by atoms with Crippen LogP contribution < -0.4 is 0 Å². The maximum atomic E-state index is 12.8. The maximum Gasteiger partial charge on any atom is 0.254 e. The molecule has 1 heterocycles. The van der Waals surface area contributed by atoms with Gasteiger partial charge in [0.25, 0.3) is 5.91 Å². The van der Waals surface area contributed by atoms with Crippen molar-refractivity contribution in [2.24, 2.45) is 5.92 Å². The van der Waals surface area contributed by atoms with E-state index in [9.17, 15) is 4.79 Å². The average molecular weight is 322 g/mol. The molecule has 2 atom stereocenters. The van der Waals surface area contributed by atoms with Gasteiger partial charge >= 0.3 is 0 Å². The van der Waals surface area contributed by atoms with Gasteiger partial charge in [0, 0.05) is 22.6 Å². The highest BCUT2D eigenvalue weighted by Crippen LogP contribution is 2.37. The second-order valence-corrected chi connectivity index (χ2v) is 6.77. The Morgan fingerprint density at radius 1 is 1.26 bits per heavy atom. The number of hydrogen-bond donors (Lipinski definition) is 0. The number of amides is 1. The highest BCUT2D eigenvalue weighted by Gasteiger charge is 2.37.